The van der Waals surface area contributed by atoms with Crippen LogP contribution in [0.4, 0.5) is 11.4 Å². The molecule has 0 saturated heterocycles. The largest absolute Gasteiger partial charge is 0.482 e. The molecular weight excluding hydrogens is 495 g/mol. The van der Waals surface area contributed by atoms with Gasteiger partial charge in [-0.05, 0) is 49.4 Å². The Morgan fingerprint density at radius 1 is 0.969 bits per heavy atom. The molecule has 1 N–H and O–H groups in total. The fourth-order valence-corrected chi connectivity index (χ4v) is 4.89. The molecule has 10 heteroatoms. The molecule has 0 unspecified atom stereocenters. The molecule has 32 heavy (non-hydrogen) atoms. The predicted molar refractivity (Wildman–Crippen MR) is 129 cm³/mol. The Morgan fingerprint density at radius 2 is 1.66 bits per heavy atom. The van der Waals surface area contributed by atoms with Gasteiger partial charge in [0.25, 0.3) is 15.9 Å². The van der Waals surface area contributed by atoms with Crippen molar-refractivity contribution in [3.8, 4) is 5.75 Å². The summed E-state index contributed by atoms with van der Waals surface area (Å²) in [7, 11) is -3.88. The maximum atomic E-state index is 13.2. The minimum atomic E-state index is -3.88. The molecule has 0 atom stereocenters. The standard InChI is InChI=1S/C22H19Cl3N2O4S/c1-2-27(16-6-4-3-5-7-16)32(29,30)17-9-11-18(24)20(13-17)26-22(28)14-31-21-12-15(23)8-10-19(21)25/h3-13H,2,14H2,1H3,(H,26,28). The van der Waals surface area contributed by atoms with Crippen LogP contribution in [0.1, 0.15) is 6.92 Å². The zero-order valence-corrected chi connectivity index (χ0v) is 20.0. The normalized spacial score (nSPS) is 11.1. The van der Waals surface area contributed by atoms with E-state index in [1.807, 2.05) is 0 Å². The van der Waals surface area contributed by atoms with Gasteiger partial charge in [0.2, 0.25) is 0 Å². The zero-order chi connectivity index (χ0) is 23.3. The monoisotopic (exact) mass is 512 g/mol. The van der Waals surface area contributed by atoms with Crippen molar-refractivity contribution in [2.75, 3.05) is 22.8 Å². The SMILES string of the molecule is CCN(c1ccccc1)S(=O)(=O)c1ccc(Cl)c(NC(=O)COc2cc(Cl)ccc2Cl)c1. The van der Waals surface area contributed by atoms with E-state index < -0.39 is 15.9 Å². The number of hydrogen-bond acceptors (Lipinski definition) is 4. The van der Waals surface area contributed by atoms with Crippen molar-refractivity contribution in [3.05, 3.63) is 81.8 Å². The van der Waals surface area contributed by atoms with Gasteiger partial charge in [-0.15, -0.1) is 0 Å². The minimum Gasteiger partial charge on any atom is -0.482 e. The molecule has 0 bridgehead atoms. The number of sulfonamides is 1. The Labute approximate surface area is 201 Å². The van der Waals surface area contributed by atoms with Gasteiger partial charge in [-0.2, -0.15) is 0 Å². The number of amides is 1. The van der Waals surface area contributed by atoms with Gasteiger partial charge in [-0.25, -0.2) is 8.42 Å². The van der Waals surface area contributed by atoms with Crippen LogP contribution in [0.25, 0.3) is 0 Å². The molecule has 0 saturated carbocycles. The highest BCUT2D eigenvalue weighted by molar-refractivity contribution is 7.92. The van der Waals surface area contributed by atoms with Crippen LogP contribution in [0.5, 0.6) is 5.75 Å². The van der Waals surface area contributed by atoms with E-state index in [1.165, 1.54) is 28.6 Å². The van der Waals surface area contributed by atoms with E-state index in [4.69, 9.17) is 39.5 Å². The van der Waals surface area contributed by atoms with Gasteiger partial charge in [0.05, 0.1) is 26.3 Å². The number of anilines is 2. The molecule has 3 rings (SSSR count). The molecule has 0 radical (unpaired) electrons. The van der Waals surface area contributed by atoms with Crippen LogP contribution in [0.2, 0.25) is 15.1 Å². The highest BCUT2D eigenvalue weighted by Crippen LogP contribution is 2.30. The molecule has 0 aliphatic rings. The third-order valence-electron chi connectivity index (χ3n) is 4.38. The summed E-state index contributed by atoms with van der Waals surface area (Å²) in [6.07, 6.45) is 0. The summed E-state index contributed by atoms with van der Waals surface area (Å²) in [4.78, 5) is 12.4. The highest BCUT2D eigenvalue weighted by atomic mass is 35.5. The van der Waals surface area contributed by atoms with Crippen molar-refractivity contribution < 1.29 is 17.9 Å². The Kier molecular flexibility index (Phi) is 7.90. The molecule has 168 valence electrons. The third-order valence-corrected chi connectivity index (χ3v) is 7.16. The molecular formula is C22H19Cl3N2O4S. The number of para-hydroxylation sites is 1. The Bertz CT molecular complexity index is 1220. The summed E-state index contributed by atoms with van der Waals surface area (Å²) in [6.45, 7) is 1.59. The lowest BCUT2D eigenvalue weighted by Crippen LogP contribution is -2.30. The number of hydrogen-bond donors (Lipinski definition) is 1. The van der Waals surface area contributed by atoms with Gasteiger partial charge in [0, 0.05) is 17.6 Å². The van der Waals surface area contributed by atoms with E-state index >= 15 is 0 Å². The first-order valence-corrected chi connectivity index (χ1v) is 12.0. The second-order valence-corrected chi connectivity index (χ2v) is 9.67. The molecule has 3 aromatic carbocycles. The van der Waals surface area contributed by atoms with Crippen molar-refractivity contribution in [1.82, 2.24) is 0 Å². The van der Waals surface area contributed by atoms with Gasteiger partial charge in [0.1, 0.15) is 5.75 Å². The number of halogens is 3. The number of benzene rings is 3. The van der Waals surface area contributed by atoms with Crippen molar-refractivity contribution in [2.45, 2.75) is 11.8 Å². The van der Waals surface area contributed by atoms with Crippen LogP contribution >= 0.6 is 34.8 Å². The predicted octanol–water partition coefficient (Wildman–Crippen LogP) is 5.88. The van der Waals surface area contributed by atoms with E-state index in [1.54, 1.807) is 49.4 Å². The lowest BCUT2D eigenvalue weighted by molar-refractivity contribution is -0.118. The Morgan fingerprint density at radius 3 is 2.34 bits per heavy atom. The zero-order valence-electron chi connectivity index (χ0n) is 16.9. The summed E-state index contributed by atoms with van der Waals surface area (Å²) in [5, 5.41) is 3.46. The Balaban J connectivity index is 1.79. The van der Waals surface area contributed by atoms with Crippen LogP contribution in [0.15, 0.2) is 71.6 Å². The van der Waals surface area contributed by atoms with Crippen LogP contribution in [0, 0.1) is 0 Å². The summed E-state index contributed by atoms with van der Waals surface area (Å²) in [6, 6.07) is 17.5. The second-order valence-electron chi connectivity index (χ2n) is 6.56. The fraction of sp³-hybridized carbons (Fsp3) is 0.136. The van der Waals surface area contributed by atoms with Gasteiger partial charge >= 0.3 is 0 Å². The van der Waals surface area contributed by atoms with Crippen LogP contribution in [-0.4, -0.2) is 27.5 Å². The molecule has 0 heterocycles. The first-order valence-electron chi connectivity index (χ1n) is 9.47. The second kappa shape index (κ2) is 10.4. The number of carbonyl (C=O) groups excluding carboxylic acids is 1. The van der Waals surface area contributed by atoms with Gasteiger partial charge < -0.3 is 10.1 Å². The van der Waals surface area contributed by atoms with Gasteiger partial charge in [-0.3, -0.25) is 9.10 Å². The number of nitrogens with zero attached hydrogens (tertiary/aromatic N) is 1. The van der Waals surface area contributed by atoms with E-state index in [0.29, 0.717) is 15.7 Å². The van der Waals surface area contributed by atoms with Crippen molar-refractivity contribution in [3.63, 3.8) is 0 Å². The lowest BCUT2D eigenvalue weighted by Gasteiger charge is -2.23. The lowest BCUT2D eigenvalue weighted by atomic mass is 10.3. The van der Waals surface area contributed by atoms with Gasteiger partial charge in [-0.1, -0.05) is 53.0 Å². The van der Waals surface area contributed by atoms with E-state index in [-0.39, 0.29) is 34.5 Å². The van der Waals surface area contributed by atoms with Crippen molar-refractivity contribution >= 4 is 62.1 Å². The molecule has 1 amide bonds. The molecule has 0 spiro atoms. The quantitative estimate of drug-likeness (QED) is 0.408. The van der Waals surface area contributed by atoms with Crippen LogP contribution in [0.3, 0.4) is 0 Å². The summed E-state index contributed by atoms with van der Waals surface area (Å²) in [5.74, 6) is -0.300. The van der Waals surface area contributed by atoms with Crippen molar-refractivity contribution in [1.29, 1.82) is 0 Å². The highest BCUT2D eigenvalue weighted by Gasteiger charge is 2.24. The average molecular weight is 514 g/mol. The maximum absolute atomic E-state index is 13.2. The first-order chi connectivity index (χ1) is 15.2. The van der Waals surface area contributed by atoms with E-state index in [0.717, 1.165) is 0 Å². The van der Waals surface area contributed by atoms with Gasteiger partial charge in [0.15, 0.2) is 6.61 Å². The molecule has 0 aliphatic carbocycles. The molecule has 0 aliphatic heterocycles. The average Bonchev–Trinajstić information content (AvgIpc) is 2.77. The number of nitrogens with one attached hydrogen (secondary N) is 1. The molecule has 0 aromatic heterocycles. The summed E-state index contributed by atoms with van der Waals surface area (Å²) in [5.41, 5.74) is 0.671. The number of carbonyl (C=O) groups is 1. The first kappa shape index (κ1) is 24.2. The number of rotatable bonds is 8. The van der Waals surface area contributed by atoms with Crippen molar-refractivity contribution in [2.24, 2.45) is 0 Å². The van der Waals surface area contributed by atoms with E-state index in [2.05, 4.69) is 5.32 Å². The third kappa shape index (κ3) is 5.66. The number of ether oxygens (including phenoxy) is 1. The smallest absolute Gasteiger partial charge is 0.264 e. The van der Waals surface area contributed by atoms with E-state index in [9.17, 15) is 13.2 Å². The van der Waals surface area contributed by atoms with Crippen LogP contribution in [-0.2, 0) is 14.8 Å². The summed E-state index contributed by atoms with van der Waals surface area (Å²) < 4.78 is 33.1. The Hall–Kier alpha value is -2.45. The maximum Gasteiger partial charge on any atom is 0.264 e. The fourth-order valence-electron chi connectivity index (χ4n) is 2.89. The topological polar surface area (TPSA) is 75.7 Å². The van der Waals surface area contributed by atoms with Crippen LogP contribution < -0.4 is 14.4 Å². The summed E-state index contributed by atoms with van der Waals surface area (Å²) >= 11 is 18.1. The molecule has 0 fully saturated rings. The molecule has 6 nitrogen and oxygen atoms in total. The minimum absolute atomic E-state index is 0.0123. The molecule has 3 aromatic rings.